The minimum absolute atomic E-state index is 0.00587. The van der Waals surface area contributed by atoms with E-state index < -0.39 is 11.4 Å². The van der Waals surface area contributed by atoms with Gasteiger partial charge in [0.15, 0.2) is 0 Å². The summed E-state index contributed by atoms with van der Waals surface area (Å²) < 4.78 is 5.45. The van der Waals surface area contributed by atoms with Gasteiger partial charge >= 0.3 is 5.97 Å². The van der Waals surface area contributed by atoms with Crippen LogP contribution in [0.25, 0.3) is 0 Å². The third-order valence-corrected chi connectivity index (χ3v) is 3.81. The Bertz CT molecular complexity index is 359. The predicted octanol–water partition coefficient (Wildman–Crippen LogP) is 1.76. The molecule has 1 aliphatic heterocycles. The molecule has 19 heavy (non-hydrogen) atoms. The highest BCUT2D eigenvalue weighted by Crippen LogP contribution is 2.38. The van der Waals surface area contributed by atoms with Crippen LogP contribution in [0.1, 0.15) is 41.0 Å². The summed E-state index contributed by atoms with van der Waals surface area (Å²) in [6.45, 7) is 10.3. The molecule has 0 aliphatic carbocycles. The van der Waals surface area contributed by atoms with Crippen LogP contribution < -0.4 is 0 Å². The van der Waals surface area contributed by atoms with E-state index in [0.717, 1.165) is 0 Å². The minimum Gasteiger partial charge on any atom is -0.481 e. The van der Waals surface area contributed by atoms with E-state index in [1.807, 2.05) is 34.6 Å². The van der Waals surface area contributed by atoms with E-state index in [4.69, 9.17) is 4.74 Å². The zero-order valence-corrected chi connectivity index (χ0v) is 12.5. The maximum Gasteiger partial charge on any atom is 0.311 e. The molecule has 0 saturated carbocycles. The second kappa shape index (κ2) is 5.49. The molecule has 1 amide bonds. The molecule has 1 heterocycles. The van der Waals surface area contributed by atoms with Crippen LogP contribution in [0.2, 0.25) is 0 Å². The van der Waals surface area contributed by atoms with Crippen LogP contribution in [-0.2, 0) is 14.3 Å². The highest BCUT2D eigenvalue weighted by atomic mass is 16.5. The van der Waals surface area contributed by atoms with E-state index in [9.17, 15) is 14.7 Å². The predicted molar refractivity (Wildman–Crippen MR) is 71.8 cm³/mol. The van der Waals surface area contributed by atoms with Crippen molar-refractivity contribution >= 4 is 11.9 Å². The fraction of sp³-hybridized carbons (Fsp3) is 0.857. The Balaban J connectivity index is 2.65. The summed E-state index contributed by atoms with van der Waals surface area (Å²) in [5.74, 6) is -0.931. The van der Waals surface area contributed by atoms with Crippen LogP contribution in [0.3, 0.4) is 0 Å². The van der Waals surface area contributed by atoms with Crippen molar-refractivity contribution < 1.29 is 19.4 Å². The number of ether oxygens (including phenoxy) is 1. The Hall–Kier alpha value is -1.10. The number of carboxylic acids is 1. The minimum atomic E-state index is -0.811. The third kappa shape index (κ3) is 3.69. The summed E-state index contributed by atoms with van der Waals surface area (Å²) in [6, 6.07) is 0. The molecular formula is C14H25NO4. The fourth-order valence-electron chi connectivity index (χ4n) is 2.31. The lowest BCUT2D eigenvalue weighted by atomic mass is 9.76. The van der Waals surface area contributed by atoms with Gasteiger partial charge in [0.05, 0.1) is 11.0 Å². The topological polar surface area (TPSA) is 66.8 Å². The first-order valence-corrected chi connectivity index (χ1v) is 6.73. The molecule has 0 aromatic carbocycles. The van der Waals surface area contributed by atoms with E-state index in [0.29, 0.717) is 13.0 Å². The van der Waals surface area contributed by atoms with Crippen molar-refractivity contribution in [2.75, 3.05) is 19.7 Å². The van der Waals surface area contributed by atoms with E-state index in [-0.39, 0.29) is 30.6 Å². The zero-order chi connectivity index (χ0) is 14.8. The zero-order valence-electron chi connectivity index (χ0n) is 12.5. The Morgan fingerprint density at radius 3 is 2.32 bits per heavy atom. The molecule has 0 bridgehead atoms. The highest BCUT2D eigenvalue weighted by molar-refractivity contribution is 5.81. The van der Waals surface area contributed by atoms with Crippen molar-refractivity contribution in [3.63, 3.8) is 0 Å². The molecule has 110 valence electrons. The first-order valence-electron chi connectivity index (χ1n) is 6.73. The maximum atomic E-state index is 12.0. The van der Waals surface area contributed by atoms with E-state index in [1.165, 1.54) is 0 Å². The lowest BCUT2D eigenvalue weighted by Crippen LogP contribution is -2.42. The number of rotatable bonds is 4. The van der Waals surface area contributed by atoms with Crippen LogP contribution in [0.15, 0.2) is 0 Å². The average Bonchev–Trinajstić information content (AvgIpc) is 2.70. The van der Waals surface area contributed by atoms with Crippen LogP contribution in [-0.4, -0.2) is 47.2 Å². The first kappa shape index (κ1) is 16.0. The summed E-state index contributed by atoms with van der Waals surface area (Å²) in [7, 11) is 0. The number of likely N-dealkylation sites (tertiary alicyclic amines) is 1. The van der Waals surface area contributed by atoms with Crippen molar-refractivity contribution in [3.05, 3.63) is 0 Å². The van der Waals surface area contributed by atoms with Gasteiger partial charge in [-0.3, -0.25) is 9.59 Å². The molecule has 1 saturated heterocycles. The van der Waals surface area contributed by atoms with Gasteiger partial charge in [-0.2, -0.15) is 0 Å². The lowest BCUT2D eigenvalue weighted by Gasteiger charge is -2.29. The highest BCUT2D eigenvalue weighted by Gasteiger charge is 2.48. The Morgan fingerprint density at radius 1 is 1.37 bits per heavy atom. The van der Waals surface area contributed by atoms with E-state index in [2.05, 4.69) is 0 Å². The van der Waals surface area contributed by atoms with Gasteiger partial charge in [0.2, 0.25) is 5.91 Å². The number of amides is 1. The number of aliphatic carboxylic acids is 1. The number of hydrogen-bond donors (Lipinski definition) is 1. The fourth-order valence-corrected chi connectivity index (χ4v) is 2.31. The normalized spacial score (nSPS) is 24.0. The van der Waals surface area contributed by atoms with Crippen LogP contribution in [0, 0.1) is 11.3 Å². The number of carbonyl (C=O) groups excluding carboxylic acids is 1. The summed E-state index contributed by atoms with van der Waals surface area (Å²) >= 11 is 0. The lowest BCUT2D eigenvalue weighted by molar-refractivity contribution is -0.152. The summed E-state index contributed by atoms with van der Waals surface area (Å²) in [5.41, 5.74) is -1.17. The number of nitrogens with zero attached hydrogens (tertiary/aromatic N) is 1. The van der Waals surface area contributed by atoms with Crippen LogP contribution >= 0.6 is 0 Å². The van der Waals surface area contributed by atoms with Crippen LogP contribution in [0.5, 0.6) is 0 Å². The van der Waals surface area contributed by atoms with Crippen LogP contribution in [0.4, 0.5) is 0 Å². The van der Waals surface area contributed by atoms with Crippen molar-refractivity contribution in [1.82, 2.24) is 4.90 Å². The molecule has 1 aliphatic rings. The SMILES string of the molecule is CC(C)C1(C(=O)O)CCN(C(=O)COC(C)(C)C)C1. The van der Waals surface area contributed by atoms with E-state index >= 15 is 0 Å². The molecular weight excluding hydrogens is 246 g/mol. The van der Waals surface area contributed by atoms with Gasteiger partial charge in [0.25, 0.3) is 0 Å². The Kier molecular flexibility index (Phi) is 4.61. The van der Waals surface area contributed by atoms with Crippen molar-refractivity contribution in [2.45, 2.75) is 46.6 Å². The molecule has 1 atom stereocenters. The van der Waals surface area contributed by atoms with Crippen molar-refractivity contribution in [3.8, 4) is 0 Å². The van der Waals surface area contributed by atoms with Gasteiger partial charge in [0.1, 0.15) is 6.61 Å². The Morgan fingerprint density at radius 2 is 1.95 bits per heavy atom. The quantitative estimate of drug-likeness (QED) is 0.846. The molecule has 0 aromatic rings. The maximum absolute atomic E-state index is 12.0. The third-order valence-electron chi connectivity index (χ3n) is 3.81. The van der Waals surface area contributed by atoms with Gasteiger partial charge in [-0.1, -0.05) is 13.8 Å². The largest absolute Gasteiger partial charge is 0.481 e. The summed E-state index contributed by atoms with van der Waals surface area (Å²) in [5, 5.41) is 9.42. The summed E-state index contributed by atoms with van der Waals surface area (Å²) in [4.78, 5) is 25.1. The molecule has 1 fully saturated rings. The number of carboxylic acid groups (broad SMARTS) is 1. The molecule has 5 heteroatoms. The average molecular weight is 271 g/mol. The second-order valence-electron chi connectivity index (χ2n) is 6.58. The molecule has 5 nitrogen and oxygen atoms in total. The molecule has 1 N–H and O–H groups in total. The second-order valence-corrected chi connectivity index (χ2v) is 6.58. The van der Waals surface area contributed by atoms with Gasteiger partial charge in [0, 0.05) is 13.1 Å². The smallest absolute Gasteiger partial charge is 0.311 e. The van der Waals surface area contributed by atoms with Gasteiger partial charge in [-0.25, -0.2) is 0 Å². The van der Waals surface area contributed by atoms with Crippen molar-refractivity contribution in [2.24, 2.45) is 11.3 Å². The van der Waals surface area contributed by atoms with E-state index in [1.54, 1.807) is 4.90 Å². The Labute approximate surface area is 114 Å². The van der Waals surface area contributed by atoms with Gasteiger partial charge in [-0.05, 0) is 33.1 Å². The number of carbonyl (C=O) groups is 2. The molecule has 1 unspecified atom stereocenters. The van der Waals surface area contributed by atoms with Gasteiger partial charge < -0.3 is 14.7 Å². The molecule has 0 spiro atoms. The van der Waals surface area contributed by atoms with Gasteiger partial charge in [-0.15, -0.1) is 0 Å². The van der Waals surface area contributed by atoms with Crippen molar-refractivity contribution in [1.29, 1.82) is 0 Å². The summed E-state index contributed by atoms with van der Waals surface area (Å²) in [6.07, 6.45) is 0.515. The standard InChI is InChI=1S/C14H25NO4/c1-10(2)14(12(17)18)6-7-15(9-14)11(16)8-19-13(3,4)5/h10H,6-9H2,1-5H3,(H,17,18). The molecule has 0 radical (unpaired) electrons. The first-order chi connectivity index (χ1) is 8.58. The monoisotopic (exact) mass is 271 g/mol. The number of hydrogen-bond acceptors (Lipinski definition) is 3. The molecule has 1 rings (SSSR count). The molecule has 0 aromatic heterocycles.